The van der Waals surface area contributed by atoms with Gasteiger partial charge in [0.05, 0.1) is 11.1 Å². The summed E-state index contributed by atoms with van der Waals surface area (Å²) in [6.45, 7) is 0. The number of fused-ring (bicyclic) bond motifs is 1. The molecule has 1 amide bonds. The molecule has 2 heterocycles. The van der Waals surface area contributed by atoms with E-state index in [-0.39, 0.29) is 5.91 Å². The van der Waals surface area contributed by atoms with Gasteiger partial charge in [0.2, 0.25) is 0 Å². The van der Waals surface area contributed by atoms with Crippen LogP contribution in [0.5, 0.6) is 0 Å². The first-order valence-electron chi connectivity index (χ1n) is 5.61. The van der Waals surface area contributed by atoms with Crippen LogP contribution in [-0.2, 0) is 0 Å². The van der Waals surface area contributed by atoms with Gasteiger partial charge in [0, 0.05) is 11.5 Å². The molecule has 0 aliphatic carbocycles. The van der Waals surface area contributed by atoms with Gasteiger partial charge in [-0.15, -0.1) is 0 Å². The average molecular weight is 254 g/mol. The Morgan fingerprint density at radius 3 is 2.89 bits per heavy atom. The number of amides is 1. The van der Waals surface area contributed by atoms with Crippen molar-refractivity contribution in [3.8, 4) is 0 Å². The fourth-order valence-electron chi connectivity index (χ4n) is 1.84. The Hall–Kier alpha value is -2.89. The van der Waals surface area contributed by atoms with Gasteiger partial charge in [-0.3, -0.25) is 4.79 Å². The van der Waals surface area contributed by atoms with Crippen LogP contribution in [0.15, 0.2) is 47.2 Å². The third-order valence-corrected chi connectivity index (χ3v) is 2.66. The maximum absolute atomic E-state index is 12.2. The summed E-state index contributed by atoms with van der Waals surface area (Å²) in [4.78, 5) is 16.4. The minimum Gasteiger partial charge on any atom is -0.384 e. The van der Waals surface area contributed by atoms with Gasteiger partial charge in [0.1, 0.15) is 12.1 Å². The highest BCUT2D eigenvalue weighted by Crippen LogP contribution is 2.20. The monoisotopic (exact) mass is 254 g/mol. The minimum atomic E-state index is -0.306. The Kier molecular flexibility index (Phi) is 2.60. The predicted octanol–water partition coefficient (Wildman–Crippen LogP) is 2.06. The number of carbonyl (C=O) groups is 1. The van der Waals surface area contributed by atoms with Gasteiger partial charge in [0.25, 0.3) is 5.91 Å². The van der Waals surface area contributed by atoms with Gasteiger partial charge in [-0.1, -0.05) is 23.4 Å². The van der Waals surface area contributed by atoms with Crippen molar-refractivity contribution in [1.82, 2.24) is 10.1 Å². The van der Waals surface area contributed by atoms with E-state index in [9.17, 15) is 4.79 Å². The van der Waals surface area contributed by atoms with E-state index < -0.39 is 0 Å². The number of nitrogens with zero attached hydrogens (tertiary/aromatic N) is 2. The predicted molar refractivity (Wildman–Crippen MR) is 70.6 cm³/mol. The number of nitrogens with one attached hydrogen (secondary N) is 1. The van der Waals surface area contributed by atoms with E-state index in [1.807, 2.05) is 18.2 Å². The van der Waals surface area contributed by atoms with Gasteiger partial charge in [0.15, 0.2) is 5.82 Å². The number of hydrogen-bond acceptors (Lipinski definition) is 5. The van der Waals surface area contributed by atoms with Crippen LogP contribution in [0.1, 0.15) is 10.4 Å². The SMILES string of the molecule is Nc1cc(C(=O)Nc2ccon2)c2ccccc2n1. The summed E-state index contributed by atoms with van der Waals surface area (Å²) >= 11 is 0. The van der Waals surface area contributed by atoms with Gasteiger partial charge < -0.3 is 15.6 Å². The highest BCUT2D eigenvalue weighted by atomic mass is 16.5. The van der Waals surface area contributed by atoms with Crippen molar-refractivity contribution < 1.29 is 9.32 Å². The Bertz CT molecular complexity index is 737. The van der Waals surface area contributed by atoms with Crippen molar-refractivity contribution >= 4 is 28.4 Å². The van der Waals surface area contributed by atoms with Crippen LogP contribution in [-0.4, -0.2) is 16.0 Å². The Morgan fingerprint density at radius 1 is 1.26 bits per heavy atom. The molecule has 0 spiro atoms. The molecular weight excluding hydrogens is 244 g/mol. The lowest BCUT2D eigenvalue weighted by molar-refractivity contribution is 0.102. The van der Waals surface area contributed by atoms with Crippen molar-refractivity contribution in [3.63, 3.8) is 0 Å². The highest BCUT2D eigenvalue weighted by molar-refractivity contribution is 6.12. The van der Waals surface area contributed by atoms with Crippen LogP contribution in [0.3, 0.4) is 0 Å². The molecule has 0 radical (unpaired) electrons. The van der Waals surface area contributed by atoms with Gasteiger partial charge in [-0.05, 0) is 12.1 Å². The molecule has 3 rings (SSSR count). The highest BCUT2D eigenvalue weighted by Gasteiger charge is 2.13. The van der Waals surface area contributed by atoms with Crippen LogP contribution < -0.4 is 11.1 Å². The summed E-state index contributed by atoms with van der Waals surface area (Å²) < 4.78 is 4.66. The topological polar surface area (TPSA) is 94.0 Å². The molecule has 3 N–H and O–H groups in total. The molecule has 0 fully saturated rings. The number of pyridine rings is 1. The maximum atomic E-state index is 12.2. The van der Waals surface area contributed by atoms with Crippen molar-refractivity contribution in [2.45, 2.75) is 0 Å². The largest absolute Gasteiger partial charge is 0.384 e. The number of aromatic nitrogens is 2. The molecule has 1 aromatic carbocycles. The van der Waals surface area contributed by atoms with E-state index in [4.69, 9.17) is 5.73 Å². The molecule has 6 heteroatoms. The molecule has 19 heavy (non-hydrogen) atoms. The molecular formula is C13H10N4O2. The summed E-state index contributed by atoms with van der Waals surface area (Å²) in [6, 6.07) is 10.4. The zero-order valence-corrected chi connectivity index (χ0v) is 9.83. The van der Waals surface area contributed by atoms with E-state index in [2.05, 4.69) is 20.0 Å². The molecule has 0 aliphatic heterocycles. The first kappa shape index (κ1) is 11.2. The lowest BCUT2D eigenvalue weighted by Gasteiger charge is -2.06. The summed E-state index contributed by atoms with van der Waals surface area (Å²) in [5.74, 6) is 0.340. The second kappa shape index (κ2) is 4.41. The summed E-state index contributed by atoms with van der Waals surface area (Å²) in [6.07, 6.45) is 1.38. The van der Waals surface area contributed by atoms with E-state index in [0.717, 1.165) is 5.39 Å². The first-order chi connectivity index (χ1) is 9.24. The van der Waals surface area contributed by atoms with Crippen LogP contribution in [0.2, 0.25) is 0 Å². The first-order valence-corrected chi connectivity index (χ1v) is 5.61. The molecule has 0 bridgehead atoms. The lowest BCUT2D eigenvalue weighted by Crippen LogP contribution is -2.13. The van der Waals surface area contributed by atoms with Crippen LogP contribution in [0.4, 0.5) is 11.6 Å². The smallest absolute Gasteiger partial charge is 0.257 e. The second-order valence-electron chi connectivity index (χ2n) is 3.95. The molecule has 6 nitrogen and oxygen atoms in total. The molecule has 0 saturated carbocycles. The number of nitrogens with two attached hydrogens (primary N) is 1. The van der Waals surface area contributed by atoms with Gasteiger partial charge in [-0.2, -0.15) is 0 Å². The van der Waals surface area contributed by atoms with Gasteiger partial charge >= 0.3 is 0 Å². The fourth-order valence-corrected chi connectivity index (χ4v) is 1.84. The normalized spacial score (nSPS) is 10.5. The number of rotatable bonds is 2. The summed E-state index contributed by atoms with van der Waals surface area (Å²) in [5, 5.41) is 6.99. The standard InChI is InChI=1S/C13H10N4O2/c14-11-7-9(8-3-1-2-4-10(8)15-11)13(18)16-12-5-6-19-17-12/h1-7H,(H2,14,15)(H,16,17,18). The maximum Gasteiger partial charge on any atom is 0.257 e. The lowest BCUT2D eigenvalue weighted by atomic mass is 10.1. The molecule has 0 atom stereocenters. The molecule has 0 saturated heterocycles. The Balaban J connectivity index is 2.06. The molecule has 3 aromatic rings. The molecule has 94 valence electrons. The minimum absolute atomic E-state index is 0.295. The number of nitrogen functional groups attached to an aromatic ring is 1. The quantitative estimate of drug-likeness (QED) is 0.730. The number of para-hydroxylation sites is 1. The van der Waals surface area contributed by atoms with E-state index in [0.29, 0.717) is 22.7 Å². The number of benzene rings is 1. The third-order valence-electron chi connectivity index (χ3n) is 2.66. The average Bonchev–Trinajstić information content (AvgIpc) is 2.90. The molecule has 0 aliphatic rings. The summed E-state index contributed by atoms with van der Waals surface area (Å²) in [5.41, 5.74) is 6.83. The van der Waals surface area contributed by atoms with Crippen molar-refractivity contribution in [3.05, 3.63) is 48.2 Å². The molecule has 2 aromatic heterocycles. The second-order valence-corrected chi connectivity index (χ2v) is 3.95. The zero-order chi connectivity index (χ0) is 13.2. The van der Waals surface area contributed by atoms with Crippen LogP contribution >= 0.6 is 0 Å². The van der Waals surface area contributed by atoms with Crippen molar-refractivity contribution in [2.75, 3.05) is 11.1 Å². The Morgan fingerprint density at radius 2 is 2.11 bits per heavy atom. The summed E-state index contributed by atoms with van der Waals surface area (Å²) in [7, 11) is 0. The Labute approximate surface area is 108 Å². The fraction of sp³-hybridized carbons (Fsp3) is 0. The third kappa shape index (κ3) is 2.11. The van der Waals surface area contributed by atoms with Crippen LogP contribution in [0, 0.1) is 0 Å². The van der Waals surface area contributed by atoms with E-state index in [1.165, 1.54) is 12.3 Å². The molecule has 0 unspecified atom stereocenters. The van der Waals surface area contributed by atoms with E-state index in [1.54, 1.807) is 12.1 Å². The van der Waals surface area contributed by atoms with Crippen molar-refractivity contribution in [1.29, 1.82) is 0 Å². The van der Waals surface area contributed by atoms with Crippen molar-refractivity contribution in [2.24, 2.45) is 0 Å². The number of anilines is 2. The zero-order valence-electron chi connectivity index (χ0n) is 9.83. The van der Waals surface area contributed by atoms with Crippen LogP contribution in [0.25, 0.3) is 10.9 Å². The number of hydrogen-bond donors (Lipinski definition) is 2. The van der Waals surface area contributed by atoms with Gasteiger partial charge in [-0.25, -0.2) is 4.98 Å². The number of carbonyl (C=O) groups excluding carboxylic acids is 1. The van der Waals surface area contributed by atoms with E-state index >= 15 is 0 Å².